The molecular formula is C17H19F3N6. The number of anilines is 1. The molecule has 0 amide bonds. The molecule has 0 spiro atoms. The van der Waals surface area contributed by atoms with Gasteiger partial charge in [0.15, 0.2) is 5.82 Å². The fourth-order valence-corrected chi connectivity index (χ4v) is 2.61. The topological polar surface area (TPSA) is 60.6 Å². The first-order valence-corrected chi connectivity index (χ1v) is 8.23. The molecule has 138 valence electrons. The van der Waals surface area contributed by atoms with Crippen molar-refractivity contribution in [1.82, 2.24) is 24.5 Å². The first kappa shape index (κ1) is 18.0. The van der Waals surface area contributed by atoms with Gasteiger partial charge < -0.3 is 9.88 Å². The van der Waals surface area contributed by atoms with Crippen LogP contribution in [-0.4, -0.2) is 24.5 Å². The highest BCUT2D eigenvalue weighted by Gasteiger charge is 2.30. The minimum absolute atomic E-state index is 0.486. The van der Waals surface area contributed by atoms with Crippen LogP contribution in [0.1, 0.15) is 30.6 Å². The Labute approximate surface area is 148 Å². The van der Waals surface area contributed by atoms with Crippen LogP contribution >= 0.6 is 0 Å². The Morgan fingerprint density at radius 3 is 2.50 bits per heavy atom. The van der Waals surface area contributed by atoms with Crippen LogP contribution in [0.5, 0.6) is 0 Å². The van der Waals surface area contributed by atoms with Crippen LogP contribution in [-0.2, 0) is 19.3 Å². The van der Waals surface area contributed by atoms with Gasteiger partial charge in [-0.05, 0) is 37.6 Å². The molecule has 0 aliphatic heterocycles. The van der Waals surface area contributed by atoms with E-state index in [1.165, 1.54) is 16.8 Å². The lowest BCUT2D eigenvalue weighted by molar-refractivity contribution is -0.137. The van der Waals surface area contributed by atoms with E-state index in [9.17, 15) is 13.2 Å². The van der Waals surface area contributed by atoms with Crippen LogP contribution < -0.4 is 5.32 Å². The summed E-state index contributed by atoms with van der Waals surface area (Å²) in [5, 5.41) is 15.6. The van der Waals surface area contributed by atoms with Gasteiger partial charge in [-0.3, -0.25) is 0 Å². The Morgan fingerprint density at radius 2 is 1.85 bits per heavy atom. The number of halogens is 3. The van der Waals surface area contributed by atoms with Crippen LogP contribution in [0, 0.1) is 6.92 Å². The summed E-state index contributed by atoms with van der Waals surface area (Å²) in [7, 11) is 0. The van der Waals surface area contributed by atoms with E-state index in [2.05, 4.69) is 27.5 Å². The Hall–Kier alpha value is -2.84. The smallest absolute Gasteiger partial charge is 0.375 e. The molecule has 9 heteroatoms. The summed E-state index contributed by atoms with van der Waals surface area (Å²) in [4.78, 5) is 0. The SMILES string of the molecule is CCCn1c(C)nnc1CNc1cnn(-c2ccc(C(F)(F)F)cc2)c1. The molecule has 0 saturated heterocycles. The van der Waals surface area contributed by atoms with Gasteiger partial charge in [-0.1, -0.05) is 6.92 Å². The van der Waals surface area contributed by atoms with Crippen molar-refractivity contribution in [1.29, 1.82) is 0 Å². The molecule has 0 fully saturated rings. The number of hydrogen-bond acceptors (Lipinski definition) is 4. The van der Waals surface area contributed by atoms with Crippen molar-refractivity contribution in [2.45, 2.75) is 39.5 Å². The normalized spacial score (nSPS) is 11.7. The van der Waals surface area contributed by atoms with Crippen molar-refractivity contribution in [3.63, 3.8) is 0 Å². The molecule has 1 aromatic carbocycles. The maximum Gasteiger partial charge on any atom is 0.416 e. The average Bonchev–Trinajstić information content (AvgIpc) is 3.21. The predicted octanol–water partition coefficient (Wildman–Crippen LogP) is 3.81. The number of nitrogens with one attached hydrogen (secondary N) is 1. The zero-order valence-corrected chi connectivity index (χ0v) is 14.5. The van der Waals surface area contributed by atoms with E-state index in [-0.39, 0.29) is 0 Å². The summed E-state index contributed by atoms with van der Waals surface area (Å²) in [5.41, 5.74) is 0.613. The fraction of sp³-hybridized carbons (Fsp3) is 0.353. The van der Waals surface area contributed by atoms with Crippen LogP contribution in [0.15, 0.2) is 36.7 Å². The zero-order chi connectivity index (χ0) is 18.7. The fourth-order valence-electron chi connectivity index (χ4n) is 2.61. The number of alkyl halides is 3. The van der Waals surface area contributed by atoms with Gasteiger partial charge in [0.1, 0.15) is 5.82 Å². The third-order valence-corrected chi connectivity index (χ3v) is 3.95. The lowest BCUT2D eigenvalue weighted by Gasteiger charge is -2.08. The lowest BCUT2D eigenvalue weighted by Crippen LogP contribution is -2.09. The molecule has 6 nitrogen and oxygen atoms in total. The van der Waals surface area contributed by atoms with E-state index >= 15 is 0 Å². The van der Waals surface area contributed by atoms with E-state index in [0.29, 0.717) is 12.2 Å². The molecule has 0 unspecified atom stereocenters. The average molecular weight is 364 g/mol. The lowest BCUT2D eigenvalue weighted by atomic mass is 10.2. The van der Waals surface area contributed by atoms with Gasteiger partial charge in [-0.2, -0.15) is 18.3 Å². The second kappa shape index (κ2) is 7.19. The maximum absolute atomic E-state index is 12.6. The molecule has 0 radical (unpaired) electrons. The van der Waals surface area contributed by atoms with Gasteiger partial charge in [0, 0.05) is 6.54 Å². The van der Waals surface area contributed by atoms with Crippen molar-refractivity contribution < 1.29 is 13.2 Å². The highest BCUT2D eigenvalue weighted by molar-refractivity contribution is 5.43. The summed E-state index contributed by atoms with van der Waals surface area (Å²) >= 11 is 0. The van der Waals surface area contributed by atoms with E-state index in [0.717, 1.165) is 42.4 Å². The third kappa shape index (κ3) is 3.87. The molecule has 0 bridgehead atoms. The minimum Gasteiger partial charge on any atom is -0.375 e. The molecule has 0 atom stereocenters. The first-order valence-electron chi connectivity index (χ1n) is 8.23. The predicted molar refractivity (Wildman–Crippen MR) is 90.9 cm³/mol. The Balaban J connectivity index is 1.69. The van der Waals surface area contributed by atoms with Crippen molar-refractivity contribution in [3.05, 3.63) is 53.9 Å². The van der Waals surface area contributed by atoms with Crippen LogP contribution in [0.25, 0.3) is 5.69 Å². The molecule has 3 rings (SSSR count). The van der Waals surface area contributed by atoms with E-state index in [1.807, 2.05) is 11.5 Å². The van der Waals surface area contributed by atoms with Crippen LogP contribution in [0.3, 0.4) is 0 Å². The van der Waals surface area contributed by atoms with Crippen LogP contribution in [0.2, 0.25) is 0 Å². The summed E-state index contributed by atoms with van der Waals surface area (Å²) in [6.45, 7) is 5.33. The second-order valence-electron chi connectivity index (χ2n) is 5.89. The molecule has 2 heterocycles. The van der Waals surface area contributed by atoms with Crippen molar-refractivity contribution in [2.75, 3.05) is 5.32 Å². The summed E-state index contributed by atoms with van der Waals surface area (Å²) < 4.78 is 41.5. The van der Waals surface area contributed by atoms with Crippen molar-refractivity contribution in [3.8, 4) is 5.69 Å². The molecule has 0 aliphatic carbocycles. The zero-order valence-electron chi connectivity index (χ0n) is 14.5. The van der Waals surface area contributed by atoms with Gasteiger partial charge >= 0.3 is 6.18 Å². The molecule has 1 N–H and O–H groups in total. The highest BCUT2D eigenvalue weighted by atomic mass is 19.4. The number of hydrogen-bond donors (Lipinski definition) is 1. The number of nitrogens with zero attached hydrogens (tertiary/aromatic N) is 5. The largest absolute Gasteiger partial charge is 0.416 e. The van der Waals surface area contributed by atoms with E-state index in [4.69, 9.17) is 0 Å². The van der Waals surface area contributed by atoms with Gasteiger partial charge in [0.05, 0.1) is 35.9 Å². The van der Waals surface area contributed by atoms with Gasteiger partial charge in [-0.15, -0.1) is 10.2 Å². The monoisotopic (exact) mass is 364 g/mol. The molecular weight excluding hydrogens is 345 g/mol. The van der Waals surface area contributed by atoms with Gasteiger partial charge in [-0.25, -0.2) is 4.68 Å². The van der Waals surface area contributed by atoms with Gasteiger partial charge in [0.25, 0.3) is 0 Å². The van der Waals surface area contributed by atoms with Crippen molar-refractivity contribution in [2.24, 2.45) is 0 Å². The Bertz CT molecular complexity index is 864. The van der Waals surface area contributed by atoms with Crippen LogP contribution in [0.4, 0.5) is 18.9 Å². The number of aryl methyl sites for hydroxylation is 1. The van der Waals surface area contributed by atoms with Crippen molar-refractivity contribution >= 4 is 5.69 Å². The molecule has 0 aliphatic rings. The van der Waals surface area contributed by atoms with Gasteiger partial charge in [0.2, 0.25) is 0 Å². The van der Waals surface area contributed by atoms with E-state index in [1.54, 1.807) is 12.4 Å². The standard InChI is InChI=1S/C17H19F3N6/c1-3-8-25-12(2)23-24-16(25)10-21-14-9-22-26(11-14)15-6-4-13(5-7-15)17(18,19)20/h4-7,9,11,21H,3,8,10H2,1-2H3. The number of benzene rings is 1. The quantitative estimate of drug-likeness (QED) is 0.722. The summed E-state index contributed by atoms with van der Waals surface area (Å²) in [6, 6.07) is 4.86. The minimum atomic E-state index is -4.35. The highest BCUT2D eigenvalue weighted by Crippen LogP contribution is 2.29. The maximum atomic E-state index is 12.6. The second-order valence-corrected chi connectivity index (χ2v) is 5.89. The Morgan fingerprint density at radius 1 is 1.12 bits per heavy atom. The third-order valence-electron chi connectivity index (χ3n) is 3.95. The Kier molecular flexibility index (Phi) is 4.97. The first-order chi connectivity index (χ1) is 12.4. The summed E-state index contributed by atoms with van der Waals surface area (Å²) in [5.74, 6) is 1.69. The van der Waals surface area contributed by atoms with E-state index < -0.39 is 11.7 Å². The molecule has 2 aromatic heterocycles. The summed E-state index contributed by atoms with van der Waals surface area (Å²) in [6.07, 6.45) is -0.0271. The molecule has 3 aromatic rings. The molecule has 0 saturated carbocycles. The number of aromatic nitrogens is 5. The number of rotatable bonds is 6. The molecule has 26 heavy (non-hydrogen) atoms.